The zero-order valence-corrected chi connectivity index (χ0v) is 12.1. The third-order valence-corrected chi connectivity index (χ3v) is 4.96. The van der Waals surface area contributed by atoms with Crippen molar-refractivity contribution in [2.24, 2.45) is 5.73 Å². The Hall–Kier alpha value is -0.600. The van der Waals surface area contributed by atoms with Crippen LogP contribution in [-0.2, 0) is 9.53 Å². The number of amides is 1. The molecule has 0 bridgehead atoms. The van der Waals surface area contributed by atoms with Gasteiger partial charge in [-0.25, -0.2) is 4.79 Å². The van der Waals surface area contributed by atoms with Crippen LogP contribution >= 0.6 is 43.2 Å². The molecule has 1 amide bonds. The van der Waals surface area contributed by atoms with Crippen molar-refractivity contribution in [3.05, 3.63) is 13.1 Å². The molecule has 0 spiro atoms. The van der Waals surface area contributed by atoms with Gasteiger partial charge in [-0.05, 0) is 31.9 Å². The summed E-state index contributed by atoms with van der Waals surface area (Å²) in [5, 5.41) is 0. The van der Waals surface area contributed by atoms with E-state index >= 15 is 0 Å². The standard InChI is InChI=1S/C8H7Br2NO4S/c1-14-3(12)2-15-5-4(9)7(10)16-6(5)8(11)13/h2H2,1H3,(H2,11,13). The van der Waals surface area contributed by atoms with E-state index in [1.54, 1.807) is 0 Å². The van der Waals surface area contributed by atoms with Crippen LogP contribution in [0.5, 0.6) is 5.75 Å². The van der Waals surface area contributed by atoms with Gasteiger partial charge in [-0.1, -0.05) is 0 Å². The summed E-state index contributed by atoms with van der Waals surface area (Å²) in [5.74, 6) is -0.907. The zero-order chi connectivity index (χ0) is 12.3. The number of hydrogen-bond donors (Lipinski definition) is 1. The number of ether oxygens (including phenoxy) is 2. The van der Waals surface area contributed by atoms with Crippen LogP contribution in [0.15, 0.2) is 8.26 Å². The first-order chi connectivity index (χ1) is 7.47. The van der Waals surface area contributed by atoms with Gasteiger partial charge in [0.05, 0.1) is 15.4 Å². The number of primary amides is 1. The molecule has 0 unspecified atom stereocenters. The Balaban J connectivity index is 2.93. The lowest BCUT2D eigenvalue weighted by atomic mass is 10.4. The minimum Gasteiger partial charge on any atom is -0.479 e. The summed E-state index contributed by atoms with van der Waals surface area (Å²) in [7, 11) is 1.25. The quantitative estimate of drug-likeness (QED) is 0.819. The van der Waals surface area contributed by atoms with E-state index in [-0.39, 0.29) is 17.2 Å². The molecule has 0 aliphatic rings. The van der Waals surface area contributed by atoms with Gasteiger partial charge in [0.2, 0.25) is 0 Å². The number of carbonyl (C=O) groups excluding carboxylic acids is 2. The monoisotopic (exact) mass is 371 g/mol. The molecule has 0 radical (unpaired) electrons. The first-order valence-corrected chi connectivity index (χ1v) is 6.34. The number of hydrogen-bond acceptors (Lipinski definition) is 5. The predicted octanol–water partition coefficient (Wildman–Crippen LogP) is 1.92. The minimum atomic E-state index is -0.615. The van der Waals surface area contributed by atoms with Crippen molar-refractivity contribution in [1.82, 2.24) is 0 Å². The molecular formula is C8H7Br2NO4S. The number of halogens is 2. The van der Waals surface area contributed by atoms with Crippen molar-refractivity contribution in [2.75, 3.05) is 13.7 Å². The van der Waals surface area contributed by atoms with Crippen LogP contribution in [0.2, 0.25) is 0 Å². The van der Waals surface area contributed by atoms with Crippen molar-refractivity contribution < 1.29 is 19.1 Å². The van der Waals surface area contributed by atoms with Gasteiger partial charge in [0, 0.05) is 0 Å². The van der Waals surface area contributed by atoms with Crippen LogP contribution in [0, 0.1) is 0 Å². The lowest BCUT2D eigenvalue weighted by Gasteiger charge is -2.04. The molecule has 5 nitrogen and oxygen atoms in total. The molecule has 0 aliphatic carbocycles. The van der Waals surface area contributed by atoms with Gasteiger partial charge in [-0.2, -0.15) is 0 Å². The topological polar surface area (TPSA) is 78.6 Å². The van der Waals surface area contributed by atoms with Gasteiger partial charge < -0.3 is 15.2 Å². The van der Waals surface area contributed by atoms with E-state index in [1.165, 1.54) is 7.11 Å². The summed E-state index contributed by atoms with van der Waals surface area (Å²) in [6.45, 7) is -0.279. The third-order valence-electron chi connectivity index (χ3n) is 1.56. The van der Waals surface area contributed by atoms with E-state index in [0.29, 0.717) is 8.26 Å². The maximum absolute atomic E-state index is 11.1. The number of thiophene rings is 1. The maximum Gasteiger partial charge on any atom is 0.343 e. The first-order valence-electron chi connectivity index (χ1n) is 3.94. The molecule has 0 fully saturated rings. The van der Waals surface area contributed by atoms with Crippen LogP contribution in [0.1, 0.15) is 9.67 Å². The summed E-state index contributed by atoms with van der Waals surface area (Å²) in [6, 6.07) is 0. The summed E-state index contributed by atoms with van der Waals surface area (Å²) in [5.41, 5.74) is 5.17. The number of methoxy groups -OCH3 is 1. The largest absolute Gasteiger partial charge is 0.479 e. The van der Waals surface area contributed by atoms with Gasteiger partial charge in [-0.3, -0.25) is 4.79 Å². The summed E-state index contributed by atoms with van der Waals surface area (Å²) < 4.78 is 10.8. The highest BCUT2D eigenvalue weighted by Gasteiger charge is 2.21. The van der Waals surface area contributed by atoms with Crippen molar-refractivity contribution in [2.45, 2.75) is 0 Å². The van der Waals surface area contributed by atoms with E-state index < -0.39 is 11.9 Å². The van der Waals surface area contributed by atoms with Gasteiger partial charge >= 0.3 is 5.97 Å². The molecule has 0 saturated carbocycles. The van der Waals surface area contributed by atoms with Gasteiger partial charge in [-0.15, -0.1) is 11.3 Å². The van der Waals surface area contributed by atoms with Gasteiger partial charge in [0.1, 0.15) is 4.88 Å². The minimum absolute atomic E-state index is 0.239. The average Bonchev–Trinajstić information content (AvgIpc) is 2.53. The fourth-order valence-corrected chi connectivity index (χ4v) is 2.92. The molecule has 1 heterocycles. The second kappa shape index (κ2) is 5.65. The maximum atomic E-state index is 11.1. The fourth-order valence-electron chi connectivity index (χ4n) is 0.851. The van der Waals surface area contributed by atoms with Crippen LogP contribution in [0.3, 0.4) is 0 Å². The van der Waals surface area contributed by atoms with Crippen LogP contribution in [-0.4, -0.2) is 25.6 Å². The highest BCUT2D eigenvalue weighted by molar-refractivity contribution is 9.13. The van der Waals surface area contributed by atoms with Gasteiger partial charge in [0.25, 0.3) is 5.91 Å². The molecule has 0 atom stereocenters. The first kappa shape index (κ1) is 13.5. The van der Waals surface area contributed by atoms with E-state index in [9.17, 15) is 9.59 Å². The highest BCUT2D eigenvalue weighted by atomic mass is 79.9. The third kappa shape index (κ3) is 2.96. The van der Waals surface area contributed by atoms with Crippen molar-refractivity contribution in [3.8, 4) is 5.75 Å². The molecule has 1 aromatic heterocycles. The Bertz CT molecular complexity index is 432. The molecule has 1 aromatic rings. The SMILES string of the molecule is COC(=O)COc1c(C(N)=O)sc(Br)c1Br. The van der Waals surface area contributed by atoms with E-state index in [4.69, 9.17) is 10.5 Å². The summed E-state index contributed by atoms with van der Waals surface area (Å²) >= 11 is 7.57. The molecule has 0 aliphatic heterocycles. The zero-order valence-electron chi connectivity index (χ0n) is 8.08. The molecule has 16 heavy (non-hydrogen) atoms. The van der Waals surface area contributed by atoms with Gasteiger partial charge in [0.15, 0.2) is 12.4 Å². The molecule has 1 rings (SSSR count). The van der Waals surface area contributed by atoms with E-state index in [1.807, 2.05) is 0 Å². The average molecular weight is 373 g/mol. The molecule has 0 saturated heterocycles. The lowest BCUT2D eigenvalue weighted by Crippen LogP contribution is -2.15. The van der Waals surface area contributed by atoms with E-state index in [0.717, 1.165) is 11.3 Å². The van der Waals surface area contributed by atoms with Crippen LogP contribution in [0.4, 0.5) is 0 Å². The lowest BCUT2D eigenvalue weighted by molar-refractivity contribution is -0.142. The van der Waals surface area contributed by atoms with Crippen molar-refractivity contribution >= 4 is 55.1 Å². The predicted molar refractivity (Wildman–Crippen MR) is 65.7 cm³/mol. The Morgan fingerprint density at radius 3 is 2.56 bits per heavy atom. The number of carbonyl (C=O) groups is 2. The smallest absolute Gasteiger partial charge is 0.343 e. The van der Waals surface area contributed by atoms with Crippen LogP contribution < -0.4 is 10.5 Å². The Morgan fingerprint density at radius 1 is 1.44 bits per heavy atom. The molecule has 88 valence electrons. The fraction of sp³-hybridized carbons (Fsp3) is 0.250. The number of esters is 1. The van der Waals surface area contributed by atoms with E-state index in [2.05, 4.69) is 36.6 Å². The number of nitrogens with two attached hydrogens (primary N) is 1. The second-order valence-electron chi connectivity index (χ2n) is 2.58. The normalized spacial score (nSPS) is 9.94. The second-order valence-corrected chi connectivity index (χ2v) is 5.71. The van der Waals surface area contributed by atoms with Crippen LogP contribution in [0.25, 0.3) is 0 Å². The molecular weight excluding hydrogens is 366 g/mol. The molecule has 2 N–H and O–H groups in total. The number of rotatable bonds is 4. The summed E-state index contributed by atoms with van der Waals surface area (Å²) in [6.07, 6.45) is 0. The molecule has 0 aromatic carbocycles. The van der Waals surface area contributed by atoms with Crippen molar-refractivity contribution in [1.29, 1.82) is 0 Å². The molecule has 8 heteroatoms. The summed E-state index contributed by atoms with van der Waals surface area (Å²) in [4.78, 5) is 22.2. The Morgan fingerprint density at radius 2 is 2.06 bits per heavy atom. The highest BCUT2D eigenvalue weighted by Crippen LogP contribution is 2.42. The Kier molecular flexibility index (Phi) is 4.75. The Labute approximate surface area is 112 Å². The van der Waals surface area contributed by atoms with Crippen molar-refractivity contribution in [3.63, 3.8) is 0 Å².